The average Bonchev–Trinajstić information content (AvgIpc) is 2.34. The minimum absolute atomic E-state index is 0.0113. The van der Waals surface area contributed by atoms with Crippen molar-refractivity contribution in [1.29, 1.82) is 0 Å². The van der Waals surface area contributed by atoms with Crippen molar-refractivity contribution in [2.45, 2.75) is 32.4 Å². The van der Waals surface area contributed by atoms with E-state index in [1.807, 2.05) is 5.32 Å². The van der Waals surface area contributed by atoms with Crippen molar-refractivity contribution in [3.8, 4) is 0 Å². The molecule has 0 spiro atoms. The zero-order valence-corrected chi connectivity index (χ0v) is 10.2. The number of likely N-dealkylation sites (tertiary alicyclic amines) is 1. The summed E-state index contributed by atoms with van der Waals surface area (Å²) in [4.78, 5) is 23.7. The van der Waals surface area contributed by atoms with Crippen LogP contribution in [-0.2, 0) is 9.59 Å². The smallest absolute Gasteiger partial charge is 0.348 e. The summed E-state index contributed by atoms with van der Waals surface area (Å²) in [5.41, 5.74) is 0. The Kier molecular flexibility index (Phi) is 4.98. The van der Waals surface area contributed by atoms with E-state index in [0.29, 0.717) is 32.4 Å². The Labute approximate surface area is 104 Å². The molecule has 104 valence electrons. The van der Waals surface area contributed by atoms with Gasteiger partial charge in [0.1, 0.15) is 0 Å². The molecule has 0 unspecified atom stereocenters. The van der Waals surface area contributed by atoms with E-state index in [-0.39, 0.29) is 18.4 Å². The van der Waals surface area contributed by atoms with Crippen molar-refractivity contribution in [2.75, 3.05) is 19.6 Å². The number of alkyl halides is 3. The van der Waals surface area contributed by atoms with Crippen molar-refractivity contribution < 1.29 is 22.8 Å². The number of nitrogens with zero attached hydrogens (tertiary/aromatic N) is 1. The first-order valence-electron chi connectivity index (χ1n) is 5.97. The summed E-state index contributed by atoms with van der Waals surface area (Å²) in [6, 6.07) is 0. The Morgan fingerprint density at radius 3 is 2.28 bits per heavy atom. The topological polar surface area (TPSA) is 49.4 Å². The van der Waals surface area contributed by atoms with Crippen LogP contribution in [0.2, 0.25) is 0 Å². The Morgan fingerprint density at radius 1 is 1.28 bits per heavy atom. The van der Waals surface area contributed by atoms with E-state index in [1.165, 1.54) is 0 Å². The lowest BCUT2D eigenvalue weighted by Crippen LogP contribution is -2.43. The van der Waals surface area contributed by atoms with Gasteiger partial charge in [0.05, 0.1) is 0 Å². The van der Waals surface area contributed by atoms with Gasteiger partial charge in [-0.05, 0) is 18.8 Å². The third-order valence-electron chi connectivity index (χ3n) is 3.08. The van der Waals surface area contributed by atoms with Crippen molar-refractivity contribution in [3.05, 3.63) is 0 Å². The first-order valence-corrected chi connectivity index (χ1v) is 5.97. The number of hydrogen-bond acceptors (Lipinski definition) is 2. The molecule has 0 aliphatic carbocycles. The highest BCUT2D eigenvalue weighted by Crippen LogP contribution is 2.18. The third kappa shape index (κ3) is 4.19. The number of hydrogen-bond donors (Lipinski definition) is 1. The van der Waals surface area contributed by atoms with Gasteiger partial charge in [-0.15, -0.1) is 0 Å². The number of amides is 2. The lowest BCUT2D eigenvalue weighted by atomic mass is 9.96. The van der Waals surface area contributed by atoms with Gasteiger partial charge in [-0.3, -0.25) is 9.59 Å². The standard InChI is InChI=1S/C11H17F3N2O2/c1-2-9(17)16-5-3-8(4-6-16)7-15-10(18)11(12,13)14/h8H,2-7H2,1H3,(H,15,18). The van der Waals surface area contributed by atoms with Gasteiger partial charge in [-0.1, -0.05) is 6.92 Å². The predicted molar refractivity (Wildman–Crippen MR) is 58.7 cm³/mol. The SMILES string of the molecule is CCC(=O)N1CCC(CNC(=O)C(F)(F)F)CC1. The molecule has 1 aliphatic heterocycles. The van der Waals surface area contributed by atoms with Crippen LogP contribution in [0.1, 0.15) is 26.2 Å². The fourth-order valence-electron chi connectivity index (χ4n) is 1.95. The molecule has 1 saturated heterocycles. The molecule has 0 aromatic rings. The molecular weight excluding hydrogens is 249 g/mol. The first kappa shape index (κ1) is 14.8. The van der Waals surface area contributed by atoms with Crippen LogP contribution < -0.4 is 5.32 Å². The second-order valence-corrected chi connectivity index (χ2v) is 4.39. The van der Waals surface area contributed by atoms with E-state index >= 15 is 0 Å². The summed E-state index contributed by atoms with van der Waals surface area (Å²) in [6.07, 6.45) is -3.12. The third-order valence-corrected chi connectivity index (χ3v) is 3.08. The van der Waals surface area contributed by atoms with E-state index in [2.05, 4.69) is 0 Å². The van der Waals surface area contributed by atoms with Crippen LogP contribution in [0.25, 0.3) is 0 Å². The molecule has 4 nitrogen and oxygen atoms in total. The lowest BCUT2D eigenvalue weighted by molar-refractivity contribution is -0.173. The Balaban J connectivity index is 2.28. The molecule has 7 heteroatoms. The van der Waals surface area contributed by atoms with Crippen molar-refractivity contribution >= 4 is 11.8 Å². The van der Waals surface area contributed by atoms with E-state index in [4.69, 9.17) is 0 Å². The molecule has 0 bridgehead atoms. The molecule has 2 amide bonds. The van der Waals surface area contributed by atoms with Crippen LogP contribution in [0.15, 0.2) is 0 Å². The quantitative estimate of drug-likeness (QED) is 0.837. The summed E-state index contributed by atoms with van der Waals surface area (Å²) in [5.74, 6) is -1.82. The molecule has 1 rings (SSSR count). The molecule has 18 heavy (non-hydrogen) atoms. The molecule has 0 atom stereocenters. The molecule has 1 fully saturated rings. The summed E-state index contributed by atoms with van der Waals surface area (Å²) in [6.45, 7) is 2.91. The van der Waals surface area contributed by atoms with Crippen LogP contribution >= 0.6 is 0 Å². The van der Waals surface area contributed by atoms with E-state index < -0.39 is 12.1 Å². The number of carbonyl (C=O) groups is 2. The number of halogens is 3. The molecular formula is C11H17F3N2O2. The van der Waals surface area contributed by atoms with Gasteiger partial charge in [-0.2, -0.15) is 13.2 Å². The molecule has 0 saturated carbocycles. The zero-order valence-electron chi connectivity index (χ0n) is 10.2. The molecule has 1 aliphatic rings. The summed E-state index contributed by atoms with van der Waals surface area (Å²) in [5, 5.41) is 1.88. The molecule has 0 radical (unpaired) electrons. The largest absolute Gasteiger partial charge is 0.471 e. The monoisotopic (exact) mass is 266 g/mol. The fourth-order valence-corrected chi connectivity index (χ4v) is 1.95. The second kappa shape index (κ2) is 6.06. The highest BCUT2D eigenvalue weighted by atomic mass is 19.4. The number of piperidine rings is 1. The molecule has 0 aromatic heterocycles. The Morgan fingerprint density at radius 2 is 1.83 bits per heavy atom. The van der Waals surface area contributed by atoms with Gasteiger partial charge in [0.25, 0.3) is 0 Å². The number of nitrogens with one attached hydrogen (secondary N) is 1. The van der Waals surface area contributed by atoms with E-state index in [9.17, 15) is 22.8 Å². The van der Waals surface area contributed by atoms with Crippen LogP contribution in [0.5, 0.6) is 0 Å². The van der Waals surface area contributed by atoms with Gasteiger partial charge in [0.2, 0.25) is 5.91 Å². The van der Waals surface area contributed by atoms with Gasteiger partial charge >= 0.3 is 12.1 Å². The zero-order chi connectivity index (χ0) is 13.8. The van der Waals surface area contributed by atoms with E-state index in [0.717, 1.165) is 0 Å². The number of carbonyl (C=O) groups excluding carboxylic acids is 2. The van der Waals surface area contributed by atoms with Gasteiger partial charge < -0.3 is 10.2 Å². The number of rotatable bonds is 3. The molecule has 0 aromatic carbocycles. The van der Waals surface area contributed by atoms with Crippen LogP contribution in [0.4, 0.5) is 13.2 Å². The highest BCUT2D eigenvalue weighted by molar-refractivity contribution is 5.81. The van der Waals surface area contributed by atoms with Gasteiger partial charge in [0, 0.05) is 26.1 Å². The summed E-state index contributed by atoms with van der Waals surface area (Å²) in [7, 11) is 0. The molecule has 1 heterocycles. The van der Waals surface area contributed by atoms with Crippen molar-refractivity contribution in [2.24, 2.45) is 5.92 Å². The second-order valence-electron chi connectivity index (χ2n) is 4.39. The van der Waals surface area contributed by atoms with Crippen LogP contribution in [0.3, 0.4) is 0 Å². The van der Waals surface area contributed by atoms with Crippen LogP contribution in [0, 0.1) is 5.92 Å². The summed E-state index contributed by atoms with van der Waals surface area (Å²) >= 11 is 0. The summed E-state index contributed by atoms with van der Waals surface area (Å²) < 4.78 is 35.9. The Hall–Kier alpha value is -1.27. The minimum atomic E-state index is -4.82. The minimum Gasteiger partial charge on any atom is -0.348 e. The Bertz CT molecular complexity index is 310. The fraction of sp³-hybridized carbons (Fsp3) is 0.818. The lowest BCUT2D eigenvalue weighted by Gasteiger charge is -2.32. The van der Waals surface area contributed by atoms with Crippen molar-refractivity contribution in [1.82, 2.24) is 10.2 Å². The maximum Gasteiger partial charge on any atom is 0.471 e. The van der Waals surface area contributed by atoms with E-state index in [1.54, 1.807) is 11.8 Å². The van der Waals surface area contributed by atoms with Crippen molar-refractivity contribution in [3.63, 3.8) is 0 Å². The first-order chi connectivity index (χ1) is 8.34. The maximum atomic E-state index is 12.0. The predicted octanol–water partition coefficient (Wildman–Crippen LogP) is 1.31. The maximum absolute atomic E-state index is 12.0. The normalized spacial score (nSPS) is 17.7. The molecule has 1 N–H and O–H groups in total. The van der Waals surface area contributed by atoms with Gasteiger partial charge in [-0.25, -0.2) is 0 Å². The van der Waals surface area contributed by atoms with Gasteiger partial charge in [0.15, 0.2) is 0 Å². The highest BCUT2D eigenvalue weighted by Gasteiger charge is 2.38. The van der Waals surface area contributed by atoms with Crippen LogP contribution in [-0.4, -0.2) is 42.5 Å². The average molecular weight is 266 g/mol.